The van der Waals surface area contributed by atoms with Gasteiger partial charge >= 0.3 is 0 Å². The largest absolute Gasteiger partial charge is 0.384 e. The lowest BCUT2D eigenvalue weighted by atomic mass is 9.62. The molecule has 1 heterocycles. The molecule has 1 aromatic rings. The van der Waals surface area contributed by atoms with Crippen LogP contribution in [0.4, 0.5) is 5.82 Å². The summed E-state index contributed by atoms with van der Waals surface area (Å²) < 4.78 is 0. The highest BCUT2D eigenvalue weighted by molar-refractivity contribution is 6.30. The fourth-order valence-electron chi connectivity index (χ4n) is 2.77. The average molecular weight is 255 g/mol. The van der Waals surface area contributed by atoms with Crippen LogP contribution in [0.3, 0.4) is 0 Å². The number of aliphatic hydroxyl groups is 1. The number of anilines is 1. The van der Waals surface area contributed by atoms with Gasteiger partial charge in [0.2, 0.25) is 0 Å². The third-order valence-corrected chi connectivity index (χ3v) is 4.25. The molecule has 1 atom stereocenters. The van der Waals surface area contributed by atoms with Crippen molar-refractivity contribution in [2.75, 3.05) is 5.73 Å². The van der Waals surface area contributed by atoms with Gasteiger partial charge < -0.3 is 10.8 Å². The highest BCUT2D eigenvalue weighted by Crippen LogP contribution is 2.51. The Morgan fingerprint density at radius 2 is 2.00 bits per heavy atom. The number of rotatable bonds is 1. The average Bonchev–Trinajstić information content (AvgIpc) is 2.26. The van der Waals surface area contributed by atoms with Crippen molar-refractivity contribution in [1.29, 1.82) is 0 Å². The Morgan fingerprint density at radius 1 is 1.35 bits per heavy atom. The molecule has 1 aliphatic carbocycles. The van der Waals surface area contributed by atoms with Gasteiger partial charge in [-0.05, 0) is 24.3 Å². The molecule has 0 aliphatic heterocycles. The molecule has 1 aromatic heterocycles. The molecule has 1 aliphatic rings. The van der Waals surface area contributed by atoms with Gasteiger partial charge in [-0.25, -0.2) is 4.98 Å². The zero-order valence-corrected chi connectivity index (χ0v) is 11.1. The molecule has 0 saturated heterocycles. The molecule has 2 rings (SSSR count). The standard InChI is InChI=1S/C13H19ClN2O/c1-12(2)5-3-4-6-13(12,17)10-7-9(14)8-16-11(10)15/h7-8,17H,3-6H2,1-2H3,(H2,15,16). The minimum absolute atomic E-state index is 0.203. The van der Waals surface area contributed by atoms with E-state index >= 15 is 0 Å². The highest BCUT2D eigenvalue weighted by Gasteiger charge is 2.47. The molecular weight excluding hydrogens is 236 g/mol. The van der Waals surface area contributed by atoms with E-state index in [2.05, 4.69) is 18.8 Å². The maximum absolute atomic E-state index is 11.0. The second kappa shape index (κ2) is 4.14. The van der Waals surface area contributed by atoms with Gasteiger partial charge in [-0.2, -0.15) is 0 Å². The molecule has 0 amide bonds. The van der Waals surface area contributed by atoms with Crippen LogP contribution in [0.2, 0.25) is 5.02 Å². The Morgan fingerprint density at radius 3 is 2.65 bits per heavy atom. The van der Waals surface area contributed by atoms with Crippen LogP contribution in [-0.2, 0) is 5.60 Å². The molecule has 0 radical (unpaired) electrons. The minimum atomic E-state index is -0.923. The van der Waals surface area contributed by atoms with Crippen molar-refractivity contribution in [3.8, 4) is 0 Å². The first-order valence-corrected chi connectivity index (χ1v) is 6.38. The van der Waals surface area contributed by atoms with Crippen molar-refractivity contribution in [1.82, 2.24) is 4.98 Å². The number of aromatic nitrogens is 1. The molecule has 3 nitrogen and oxygen atoms in total. The van der Waals surface area contributed by atoms with Crippen LogP contribution in [0.15, 0.2) is 12.3 Å². The van der Waals surface area contributed by atoms with E-state index in [9.17, 15) is 5.11 Å². The molecule has 1 unspecified atom stereocenters. The lowest BCUT2D eigenvalue weighted by Gasteiger charge is -2.47. The summed E-state index contributed by atoms with van der Waals surface area (Å²) in [5.74, 6) is 0.381. The Balaban J connectivity index is 2.52. The number of halogens is 1. The third-order valence-electron chi connectivity index (χ3n) is 4.04. The second-order valence-electron chi connectivity index (χ2n) is 5.54. The van der Waals surface area contributed by atoms with Crippen molar-refractivity contribution in [2.45, 2.75) is 45.1 Å². The second-order valence-corrected chi connectivity index (χ2v) is 5.97. The third kappa shape index (κ3) is 2.02. The fourth-order valence-corrected chi connectivity index (χ4v) is 2.93. The van der Waals surface area contributed by atoms with Crippen molar-refractivity contribution in [2.24, 2.45) is 5.41 Å². The Kier molecular flexibility index (Phi) is 3.08. The molecule has 1 fully saturated rings. The fraction of sp³-hybridized carbons (Fsp3) is 0.615. The van der Waals surface area contributed by atoms with E-state index in [1.807, 2.05) is 0 Å². The van der Waals surface area contributed by atoms with Crippen LogP contribution in [0, 0.1) is 5.41 Å². The van der Waals surface area contributed by atoms with Crippen LogP contribution >= 0.6 is 11.6 Å². The van der Waals surface area contributed by atoms with Crippen LogP contribution in [0.5, 0.6) is 0 Å². The SMILES string of the molecule is CC1(C)CCCCC1(O)c1cc(Cl)cnc1N. The predicted octanol–water partition coefficient (Wildman–Crippen LogP) is 3.11. The van der Waals surface area contributed by atoms with E-state index in [0.717, 1.165) is 19.3 Å². The maximum Gasteiger partial charge on any atom is 0.129 e. The van der Waals surface area contributed by atoms with Crippen LogP contribution in [-0.4, -0.2) is 10.1 Å². The molecule has 0 spiro atoms. The number of nitrogens with zero attached hydrogens (tertiary/aromatic N) is 1. The molecule has 0 bridgehead atoms. The summed E-state index contributed by atoms with van der Waals surface area (Å²) in [6.45, 7) is 4.15. The van der Waals surface area contributed by atoms with Gasteiger partial charge in [-0.1, -0.05) is 38.3 Å². The zero-order valence-electron chi connectivity index (χ0n) is 10.3. The molecular formula is C13H19ClN2O. The molecule has 0 aromatic carbocycles. The number of nitrogens with two attached hydrogens (primary N) is 1. The molecule has 94 valence electrons. The van der Waals surface area contributed by atoms with E-state index < -0.39 is 5.60 Å². The van der Waals surface area contributed by atoms with Gasteiger partial charge in [0.15, 0.2) is 0 Å². The molecule has 3 N–H and O–H groups in total. The minimum Gasteiger partial charge on any atom is -0.384 e. The smallest absolute Gasteiger partial charge is 0.129 e. The topological polar surface area (TPSA) is 59.1 Å². The van der Waals surface area contributed by atoms with Gasteiger partial charge in [0.1, 0.15) is 5.82 Å². The van der Waals surface area contributed by atoms with Gasteiger partial charge in [-0.15, -0.1) is 0 Å². The van der Waals surface area contributed by atoms with E-state index in [4.69, 9.17) is 17.3 Å². The Hall–Kier alpha value is -0.800. The summed E-state index contributed by atoms with van der Waals surface area (Å²) in [7, 11) is 0. The summed E-state index contributed by atoms with van der Waals surface area (Å²) in [4.78, 5) is 4.05. The lowest BCUT2D eigenvalue weighted by Crippen LogP contribution is -2.45. The van der Waals surface area contributed by atoms with Crippen LogP contribution in [0.25, 0.3) is 0 Å². The predicted molar refractivity (Wildman–Crippen MR) is 69.8 cm³/mol. The normalized spacial score (nSPS) is 28.0. The van der Waals surface area contributed by atoms with Gasteiger partial charge in [0, 0.05) is 11.8 Å². The van der Waals surface area contributed by atoms with Crippen LogP contribution in [0.1, 0.15) is 45.1 Å². The number of hydrogen-bond donors (Lipinski definition) is 2. The van der Waals surface area contributed by atoms with E-state index in [0.29, 0.717) is 22.8 Å². The monoisotopic (exact) mass is 254 g/mol. The van der Waals surface area contributed by atoms with Crippen molar-refractivity contribution in [3.63, 3.8) is 0 Å². The molecule has 17 heavy (non-hydrogen) atoms. The summed E-state index contributed by atoms with van der Waals surface area (Å²) in [6, 6.07) is 1.75. The summed E-state index contributed by atoms with van der Waals surface area (Å²) >= 11 is 5.96. The van der Waals surface area contributed by atoms with E-state index in [1.54, 1.807) is 6.07 Å². The van der Waals surface area contributed by atoms with E-state index in [1.165, 1.54) is 6.20 Å². The van der Waals surface area contributed by atoms with Gasteiger partial charge in [-0.3, -0.25) is 0 Å². The van der Waals surface area contributed by atoms with Crippen LogP contribution < -0.4 is 5.73 Å². The maximum atomic E-state index is 11.0. The summed E-state index contributed by atoms with van der Waals surface area (Å²) in [5, 5.41) is 11.5. The lowest BCUT2D eigenvalue weighted by molar-refractivity contribution is -0.103. The number of nitrogen functional groups attached to an aromatic ring is 1. The van der Waals surface area contributed by atoms with E-state index in [-0.39, 0.29) is 5.41 Å². The van der Waals surface area contributed by atoms with Gasteiger partial charge in [0.25, 0.3) is 0 Å². The first-order chi connectivity index (χ1) is 7.87. The summed E-state index contributed by atoms with van der Waals surface area (Å²) in [6.07, 6.45) is 5.36. The number of pyridine rings is 1. The Bertz CT molecular complexity index is 433. The molecule has 1 saturated carbocycles. The van der Waals surface area contributed by atoms with Crippen molar-refractivity contribution in [3.05, 3.63) is 22.8 Å². The Labute approximate surface area is 107 Å². The zero-order chi connectivity index (χ0) is 12.7. The van der Waals surface area contributed by atoms with Crippen molar-refractivity contribution < 1.29 is 5.11 Å². The first-order valence-electron chi connectivity index (χ1n) is 6.01. The molecule has 4 heteroatoms. The number of hydrogen-bond acceptors (Lipinski definition) is 3. The quantitative estimate of drug-likeness (QED) is 0.810. The van der Waals surface area contributed by atoms with Crippen molar-refractivity contribution >= 4 is 17.4 Å². The highest BCUT2D eigenvalue weighted by atomic mass is 35.5. The first kappa shape index (κ1) is 12.7. The van der Waals surface area contributed by atoms with Gasteiger partial charge in [0.05, 0.1) is 10.6 Å². The summed E-state index contributed by atoms with van der Waals surface area (Å²) in [5.41, 5.74) is 5.45.